The Hall–Kier alpha value is -1.62. The minimum atomic E-state index is -0.979. The topological polar surface area (TPSA) is 57.6 Å². The molecular formula is C15H19NO3S. The number of carbonyl (C=O) groups excluding carboxylic acids is 1. The molecule has 1 N–H and O–H groups in total. The first kappa shape index (κ1) is 14.8. The highest BCUT2D eigenvalue weighted by molar-refractivity contribution is 7.11. The Labute approximate surface area is 122 Å². The van der Waals surface area contributed by atoms with Gasteiger partial charge < -0.3 is 10.0 Å². The average molecular weight is 293 g/mol. The molecule has 0 bridgehead atoms. The van der Waals surface area contributed by atoms with Crippen molar-refractivity contribution in [1.29, 1.82) is 0 Å². The van der Waals surface area contributed by atoms with Crippen molar-refractivity contribution in [2.75, 3.05) is 13.1 Å². The molecule has 1 amide bonds. The molecule has 1 aromatic rings. The first-order chi connectivity index (χ1) is 9.60. The van der Waals surface area contributed by atoms with E-state index in [1.807, 2.05) is 4.90 Å². The quantitative estimate of drug-likeness (QED) is 0.868. The number of piperidine rings is 1. The summed E-state index contributed by atoms with van der Waals surface area (Å²) in [5, 5.41) is 10.4. The van der Waals surface area contributed by atoms with Crippen LogP contribution in [-0.2, 0) is 4.79 Å². The molecule has 4 nitrogen and oxygen atoms in total. The lowest BCUT2D eigenvalue weighted by Gasteiger charge is -2.31. The average Bonchev–Trinajstić information content (AvgIpc) is 2.93. The van der Waals surface area contributed by atoms with E-state index in [1.165, 1.54) is 23.8 Å². The molecule has 1 saturated heterocycles. The summed E-state index contributed by atoms with van der Waals surface area (Å²) in [4.78, 5) is 25.5. The van der Waals surface area contributed by atoms with Crippen molar-refractivity contribution in [2.45, 2.75) is 26.2 Å². The summed E-state index contributed by atoms with van der Waals surface area (Å²) in [7, 11) is 0. The molecule has 1 aliphatic heterocycles. The number of amides is 1. The molecular weight excluding hydrogens is 274 g/mol. The van der Waals surface area contributed by atoms with Gasteiger partial charge in [-0.15, -0.1) is 11.3 Å². The SMILES string of the molecule is CCC1CCN(C(=O)c2csc(C=CC(=O)O)c2)CC1. The number of hydrogen-bond acceptors (Lipinski definition) is 3. The Kier molecular flexibility index (Phi) is 4.95. The smallest absolute Gasteiger partial charge is 0.328 e. The molecule has 1 aliphatic rings. The first-order valence-corrected chi connectivity index (χ1v) is 7.77. The van der Waals surface area contributed by atoms with E-state index < -0.39 is 5.97 Å². The van der Waals surface area contributed by atoms with Gasteiger partial charge >= 0.3 is 5.97 Å². The van der Waals surface area contributed by atoms with Crippen LogP contribution >= 0.6 is 11.3 Å². The van der Waals surface area contributed by atoms with E-state index in [9.17, 15) is 9.59 Å². The van der Waals surface area contributed by atoms with E-state index in [-0.39, 0.29) is 5.91 Å². The van der Waals surface area contributed by atoms with Gasteiger partial charge in [0.15, 0.2) is 0 Å². The number of carboxylic acid groups (broad SMARTS) is 1. The zero-order valence-corrected chi connectivity index (χ0v) is 12.4. The summed E-state index contributed by atoms with van der Waals surface area (Å²) in [6.07, 6.45) is 5.96. The molecule has 1 fully saturated rings. The highest BCUT2D eigenvalue weighted by Gasteiger charge is 2.23. The van der Waals surface area contributed by atoms with Gasteiger partial charge in [0.1, 0.15) is 0 Å². The van der Waals surface area contributed by atoms with Crippen molar-refractivity contribution in [2.24, 2.45) is 5.92 Å². The predicted molar refractivity (Wildman–Crippen MR) is 79.9 cm³/mol. The maximum absolute atomic E-state index is 12.3. The maximum Gasteiger partial charge on any atom is 0.328 e. The van der Waals surface area contributed by atoms with Crippen LogP contribution in [-0.4, -0.2) is 35.0 Å². The molecule has 2 rings (SSSR count). The lowest BCUT2D eigenvalue weighted by Crippen LogP contribution is -2.38. The number of nitrogens with zero attached hydrogens (tertiary/aromatic N) is 1. The molecule has 20 heavy (non-hydrogen) atoms. The van der Waals surface area contributed by atoms with Crippen LogP contribution in [0.1, 0.15) is 41.4 Å². The van der Waals surface area contributed by atoms with Crippen LogP contribution in [0.15, 0.2) is 17.5 Å². The van der Waals surface area contributed by atoms with Gasteiger partial charge in [-0.25, -0.2) is 4.79 Å². The number of rotatable bonds is 4. The van der Waals surface area contributed by atoms with E-state index in [2.05, 4.69) is 6.92 Å². The van der Waals surface area contributed by atoms with E-state index in [0.717, 1.165) is 42.8 Å². The summed E-state index contributed by atoms with van der Waals surface area (Å²) in [5.41, 5.74) is 0.662. The van der Waals surface area contributed by atoms with Crippen molar-refractivity contribution in [3.05, 3.63) is 28.0 Å². The van der Waals surface area contributed by atoms with Crippen LogP contribution in [0, 0.1) is 5.92 Å². The number of hydrogen-bond donors (Lipinski definition) is 1. The molecule has 0 atom stereocenters. The minimum Gasteiger partial charge on any atom is -0.478 e. The van der Waals surface area contributed by atoms with Crippen LogP contribution in [0.4, 0.5) is 0 Å². The van der Waals surface area contributed by atoms with Gasteiger partial charge in [0.2, 0.25) is 0 Å². The van der Waals surface area contributed by atoms with Gasteiger partial charge in [-0.1, -0.05) is 13.3 Å². The molecule has 108 valence electrons. The zero-order valence-electron chi connectivity index (χ0n) is 11.5. The molecule has 0 radical (unpaired) electrons. The number of aliphatic carboxylic acids is 1. The van der Waals surface area contributed by atoms with Gasteiger partial charge in [-0.2, -0.15) is 0 Å². The standard InChI is InChI=1S/C15H19NO3S/c1-2-11-5-7-16(8-6-11)15(19)12-9-13(20-10-12)3-4-14(17)18/h3-4,9-11H,2,5-8H2,1H3,(H,17,18). The van der Waals surface area contributed by atoms with Crippen LogP contribution in [0.3, 0.4) is 0 Å². The third-order valence-electron chi connectivity index (χ3n) is 3.74. The van der Waals surface area contributed by atoms with E-state index in [1.54, 1.807) is 11.4 Å². The molecule has 0 saturated carbocycles. The van der Waals surface area contributed by atoms with Crippen molar-refractivity contribution in [3.63, 3.8) is 0 Å². The first-order valence-electron chi connectivity index (χ1n) is 6.89. The van der Waals surface area contributed by atoms with Crippen molar-refractivity contribution < 1.29 is 14.7 Å². The fourth-order valence-corrected chi connectivity index (χ4v) is 3.21. The van der Waals surface area contributed by atoms with Crippen LogP contribution in [0.5, 0.6) is 0 Å². The summed E-state index contributed by atoms with van der Waals surface area (Å²) >= 11 is 1.39. The monoisotopic (exact) mass is 293 g/mol. The van der Waals surface area contributed by atoms with Crippen molar-refractivity contribution >= 4 is 29.3 Å². The summed E-state index contributed by atoms with van der Waals surface area (Å²) in [5.74, 6) is -0.172. The van der Waals surface area contributed by atoms with Gasteiger partial charge in [0.05, 0.1) is 5.56 Å². The van der Waals surface area contributed by atoms with Crippen LogP contribution < -0.4 is 0 Å². The molecule has 0 unspecified atom stereocenters. The Bertz CT molecular complexity index is 513. The number of carboxylic acids is 1. The highest BCUT2D eigenvalue weighted by atomic mass is 32.1. The fourth-order valence-electron chi connectivity index (χ4n) is 2.43. The fraction of sp³-hybridized carbons (Fsp3) is 0.467. The minimum absolute atomic E-state index is 0.0609. The van der Waals surface area contributed by atoms with E-state index >= 15 is 0 Å². The molecule has 1 aromatic heterocycles. The van der Waals surface area contributed by atoms with Crippen LogP contribution in [0.25, 0.3) is 6.08 Å². The normalized spacial score (nSPS) is 16.8. The number of carbonyl (C=O) groups is 2. The maximum atomic E-state index is 12.3. The summed E-state index contributed by atoms with van der Waals surface area (Å²) in [6.45, 7) is 3.85. The van der Waals surface area contributed by atoms with Gasteiger partial charge in [-0.05, 0) is 30.9 Å². The Morgan fingerprint density at radius 3 is 2.75 bits per heavy atom. The number of likely N-dealkylation sites (tertiary alicyclic amines) is 1. The van der Waals surface area contributed by atoms with Gasteiger partial charge in [-0.3, -0.25) is 4.79 Å². The van der Waals surface area contributed by atoms with Crippen molar-refractivity contribution in [1.82, 2.24) is 4.90 Å². The Morgan fingerprint density at radius 1 is 1.45 bits per heavy atom. The molecule has 2 heterocycles. The molecule has 0 aromatic carbocycles. The van der Waals surface area contributed by atoms with E-state index in [4.69, 9.17) is 5.11 Å². The highest BCUT2D eigenvalue weighted by Crippen LogP contribution is 2.23. The predicted octanol–water partition coefficient (Wildman–Crippen LogP) is 3.11. The Morgan fingerprint density at radius 2 is 2.15 bits per heavy atom. The summed E-state index contributed by atoms with van der Waals surface area (Å²) < 4.78 is 0. The second-order valence-corrected chi connectivity index (χ2v) is 6.00. The second kappa shape index (κ2) is 6.70. The zero-order chi connectivity index (χ0) is 14.5. The third-order valence-corrected chi connectivity index (χ3v) is 4.63. The summed E-state index contributed by atoms with van der Waals surface area (Å²) in [6, 6.07) is 1.76. The lowest BCUT2D eigenvalue weighted by atomic mass is 9.94. The van der Waals surface area contributed by atoms with Crippen molar-refractivity contribution in [3.8, 4) is 0 Å². The second-order valence-electron chi connectivity index (χ2n) is 5.05. The van der Waals surface area contributed by atoms with E-state index in [0.29, 0.717) is 5.56 Å². The number of thiophene rings is 1. The Balaban J connectivity index is 1.98. The van der Waals surface area contributed by atoms with Crippen LogP contribution in [0.2, 0.25) is 0 Å². The van der Waals surface area contributed by atoms with Gasteiger partial charge in [0.25, 0.3) is 5.91 Å². The third kappa shape index (κ3) is 3.70. The lowest BCUT2D eigenvalue weighted by molar-refractivity contribution is -0.131. The molecule has 0 spiro atoms. The largest absolute Gasteiger partial charge is 0.478 e. The molecule has 0 aliphatic carbocycles. The molecule has 5 heteroatoms. The van der Waals surface area contributed by atoms with Gasteiger partial charge in [0, 0.05) is 29.4 Å².